The fourth-order valence-corrected chi connectivity index (χ4v) is 2.87. The smallest absolute Gasteiger partial charge is 0.126 e. The lowest BCUT2D eigenvalue weighted by Gasteiger charge is -2.32. The Morgan fingerprint density at radius 3 is 2.93 bits per heavy atom. The first-order valence-corrected chi connectivity index (χ1v) is 5.78. The van der Waals surface area contributed by atoms with Gasteiger partial charge in [0.2, 0.25) is 0 Å². The van der Waals surface area contributed by atoms with Crippen LogP contribution in [0, 0.1) is 5.41 Å². The molecule has 1 atom stereocenters. The van der Waals surface area contributed by atoms with Gasteiger partial charge in [-0.15, -0.1) is 0 Å². The van der Waals surface area contributed by atoms with E-state index in [-0.39, 0.29) is 23.4 Å². The van der Waals surface area contributed by atoms with Crippen molar-refractivity contribution in [3.63, 3.8) is 0 Å². The molecular formula is C9H16N2O2S. The summed E-state index contributed by atoms with van der Waals surface area (Å²) in [6, 6.07) is 0. The molecule has 5 heteroatoms. The molecule has 2 rings (SSSR count). The molecule has 4 nitrogen and oxygen atoms in total. The van der Waals surface area contributed by atoms with Crippen LogP contribution in [0.3, 0.4) is 0 Å². The minimum absolute atomic E-state index is 0.0366. The lowest BCUT2D eigenvalue weighted by Crippen LogP contribution is -2.42. The fourth-order valence-electron chi connectivity index (χ4n) is 2.41. The van der Waals surface area contributed by atoms with Crippen LogP contribution in [-0.2, 0) is 16.6 Å². The first-order chi connectivity index (χ1) is 6.78. The monoisotopic (exact) mass is 216 g/mol. The third-order valence-electron chi connectivity index (χ3n) is 3.25. The second-order valence-electron chi connectivity index (χ2n) is 4.05. The molecule has 0 bridgehead atoms. The molecular weight excluding hydrogens is 200 g/mol. The van der Waals surface area contributed by atoms with E-state index in [9.17, 15) is 4.21 Å². The van der Waals surface area contributed by atoms with Crippen LogP contribution in [0.2, 0.25) is 0 Å². The zero-order chi connectivity index (χ0) is 10.0. The summed E-state index contributed by atoms with van der Waals surface area (Å²) in [5.41, 5.74) is 1.07. The normalized spacial score (nSPS) is 34.1. The summed E-state index contributed by atoms with van der Waals surface area (Å²) in [5.74, 6) is 0. The Kier molecular flexibility index (Phi) is 2.99. The molecule has 0 saturated carbocycles. The van der Waals surface area contributed by atoms with Crippen molar-refractivity contribution in [1.29, 1.82) is 0 Å². The summed E-state index contributed by atoms with van der Waals surface area (Å²) >= 11 is -0.139. The molecule has 14 heavy (non-hydrogen) atoms. The van der Waals surface area contributed by atoms with Gasteiger partial charge in [-0.3, -0.25) is 0 Å². The van der Waals surface area contributed by atoms with Crippen molar-refractivity contribution in [2.75, 3.05) is 19.7 Å². The molecule has 2 saturated heterocycles. The second-order valence-corrected chi connectivity index (χ2v) is 4.41. The number of nitrogens with one attached hydrogen (secondary N) is 1. The number of rotatable bonds is 1. The maximum absolute atomic E-state index is 10.6. The van der Waals surface area contributed by atoms with Crippen molar-refractivity contribution in [1.82, 2.24) is 5.32 Å². The summed E-state index contributed by atoms with van der Waals surface area (Å²) in [4.78, 5) is 0. The summed E-state index contributed by atoms with van der Waals surface area (Å²) in [6.45, 7) is 4.74. The highest BCUT2D eigenvalue weighted by Crippen LogP contribution is 2.38. The summed E-state index contributed by atoms with van der Waals surface area (Å²) < 4.78 is 20.2. The van der Waals surface area contributed by atoms with Crippen LogP contribution in [0.4, 0.5) is 0 Å². The average molecular weight is 216 g/mol. The second kappa shape index (κ2) is 4.08. The van der Waals surface area contributed by atoms with E-state index >= 15 is 0 Å². The van der Waals surface area contributed by atoms with Gasteiger partial charge in [0.15, 0.2) is 0 Å². The van der Waals surface area contributed by atoms with Crippen molar-refractivity contribution in [3.8, 4) is 0 Å². The van der Waals surface area contributed by atoms with E-state index in [1.165, 1.54) is 0 Å². The maximum Gasteiger partial charge on any atom is 0.126 e. The molecule has 0 aromatic carbocycles. The van der Waals surface area contributed by atoms with Crippen LogP contribution in [0.15, 0.2) is 4.40 Å². The van der Waals surface area contributed by atoms with Gasteiger partial charge < -0.3 is 10.1 Å². The van der Waals surface area contributed by atoms with E-state index in [2.05, 4.69) is 9.71 Å². The molecule has 0 aliphatic carbocycles. The molecule has 1 N–H and O–H groups in total. The minimum Gasteiger partial charge on any atom is -0.372 e. The van der Waals surface area contributed by atoms with Crippen LogP contribution in [-0.4, -0.2) is 35.7 Å². The van der Waals surface area contributed by atoms with Gasteiger partial charge in [0.1, 0.15) is 11.9 Å². The molecule has 80 valence electrons. The Morgan fingerprint density at radius 2 is 2.29 bits per heavy atom. The summed E-state index contributed by atoms with van der Waals surface area (Å²) in [5, 5.41) is 3.32. The molecule has 0 amide bonds. The van der Waals surface area contributed by atoms with E-state index in [1.807, 2.05) is 6.92 Å². The van der Waals surface area contributed by atoms with Crippen LogP contribution in [0.1, 0.15) is 19.8 Å². The van der Waals surface area contributed by atoms with Gasteiger partial charge in [-0.05, 0) is 32.9 Å². The Balaban J connectivity index is 2.24. The molecule has 1 spiro atoms. The topological polar surface area (TPSA) is 50.7 Å². The highest BCUT2D eigenvalue weighted by molar-refractivity contribution is 7.64. The molecule has 0 radical (unpaired) electrons. The Labute approximate surface area is 87.7 Å². The van der Waals surface area contributed by atoms with Gasteiger partial charge in [-0.2, -0.15) is 4.40 Å². The third-order valence-corrected chi connectivity index (χ3v) is 3.54. The summed E-state index contributed by atoms with van der Waals surface area (Å²) in [7, 11) is 0. The quantitative estimate of drug-likeness (QED) is 0.610. The van der Waals surface area contributed by atoms with Gasteiger partial charge in [-0.1, -0.05) is 0 Å². The fraction of sp³-hybridized carbons (Fsp3) is 0.889. The van der Waals surface area contributed by atoms with Crippen molar-refractivity contribution in [3.05, 3.63) is 0 Å². The lowest BCUT2D eigenvalue weighted by molar-refractivity contribution is 0.0953. The van der Waals surface area contributed by atoms with Gasteiger partial charge in [-0.25, -0.2) is 4.21 Å². The van der Waals surface area contributed by atoms with E-state index < -0.39 is 0 Å². The summed E-state index contributed by atoms with van der Waals surface area (Å²) in [6.07, 6.45) is 2.13. The predicted octanol–water partition coefficient (Wildman–Crippen LogP) is 0.0762. The van der Waals surface area contributed by atoms with Gasteiger partial charge in [0, 0.05) is 5.41 Å². The van der Waals surface area contributed by atoms with Crippen LogP contribution < -0.4 is 5.32 Å². The number of nitrogens with zero attached hydrogens (tertiary/aromatic N) is 1. The molecule has 2 aliphatic heterocycles. The number of thiol groups is 1. The van der Waals surface area contributed by atoms with Crippen molar-refractivity contribution in [2.24, 2.45) is 9.81 Å². The van der Waals surface area contributed by atoms with Gasteiger partial charge >= 0.3 is 0 Å². The number of ether oxygens (including phenoxy) is 1. The Bertz CT molecular complexity index is 256. The minimum atomic E-state index is -0.139. The van der Waals surface area contributed by atoms with E-state index in [0.717, 1.165) is 38.2 Å². The predicted molar refractivity (Wildman–Crippen MR) is 56.9 cm³/mol. The molecule has 2 fully saturated rings. The highest BCUT2D eigenvalue weighted by Gasteiger charge is 2.45. The van der Waals surface area contributed by atoms with Crippen LogP contribution in [0.5, 0.6) is 0 Å². The van der Waals surface area contributed by atoms with Crippen molar-refractivity contribution < 1.29 is 8.95 Å². The number of hydrogen-bond acceptors (Lipinski definition) is 3. The van der Waals surface area contributed by atoms with Crippen molar-refractivity contribution in [2.45, 2.75) is 25.9 Å². The molecule has 2 aliphatic rings. The van der Waals surface area contributed by atoms with E-state index in [4.69, 9.17) is 4.74 Å². The van der Waals surface area contributed by atoms with Gasteiger partial charge in [0.05, 0.1) is 18.4 Å². The average Bonchev–Trinajstić information content (AvgIpc) is 2.49. The highest BCUT2D eigenvalue weighted by atomic mass is 32.2. The van der Waals surface area contributed by atoms with E-state index in [0.29, 0.717) is 0 Å². The standard InChI is InChI=1S/C9H16N2O2S/c1-7-8(11-14-12)9(6-13-7)2-4-10-5-3-9/h7,10,14H,2-6H2,1H3/b11-8+/t7-/m0/s1. The van der Waals surface area contributed by atoms with Crippen LogP contribution in [0.25, 0.3) is 0 Å². The number of hydrogen-bond donors (Lipinski definition) is 2. The Morgan fingerprint density at radius 1 is 1.57 bits per heavy atom. The molecule has 0 aromatic rings. The zero-order valence-electron chi connectivity index (χ0n) is 8.32. The zero-order valence-corrected chi connectivity index (χ0v) is 9.22. The van der Waals surface area contributed by atoms with Gasteiger partial charge in [0.25, 0.3) is 0 Å². The Hall–Kier alpha value is -0.260. The molecule has 0 aromatic heterocycles. The van der Waals surface area contributed by atoms with Crippen molar-refractivity contribution >= 4 is 17.6 Å². The first kappa shape index (κ1) is 10.3. The van der Waals surface area contributed by atoms with E-state index in [1.54, 1.807) is 0 Å². The first-order valence-electron chi connectivity index (χ1n) is 5.01. The molecule has 0 unspecified atom stereocenters. The third kappa shape index (κ3) is 1.64. The number of piperidine rings is 1. The lowest BCUT2D eigenvalue weighted by atomic mass is 9.76. The SMILES string of the molecule is C[C@@H]1OCC2(CCNCC2)/C1=N/[SH]=O. The van der Waals surface area contributed by atoms with Crippen LogP contribution >= 0.6 is 0 Å². The largest absolute Gasteiger partial charge is 0.372 e. The molecule has 2 heterocycles. The maximum atomic E-state index is 10.6.